The van der Waals surface area contributed by atoms with Crippen LogP contribution in [0.5, 0.6) is 0 Å². The molecule has 1 atom stereocenters. The number of aryl methyl sites for hydroxylation is 1. The van der Waals surface area contributed by atoms with E-state index in [1.807, 2.05) is 9.80 Å². The third kappa shape index (κ3) is 2.08. The molecule has 0 aromatic heterocycles. The van der Waals surface area contributed by atoms with E-state index >= 15 is 0 Å². The molecular formula is C14H19N3O. The molecule has 1 unspecified atom stereocenters. The van der Waals surface area contributed by atoms with Gasteiger partial charge in [-0.15, -0.1) is 0 Å². The van der Waals surface area contributed by atoms with Crippen LogP contribution in [0.2, 0.25) is 0 Å². The number of nitrogens with zero attached hydrogens (tertiary/aromatic N) is 2. The van der Waals surface area contributed by atoms with Gasteiger partial charge < -0.3 is 15.1 Å². The van der Waals surface area contributed by atoms with Crippen molar-refractivity contribution in [3.63, 3.8) is 0 Å². The molecule has 0 spiro atoms. The van der Waals surface area contributed by atoms with Crippen molar-refractivity contribution >= 4 is 6.03 Å². The van der Waals surface area contributed by atoms with Crippen molar-refractivity contribution in [1.82, 2.24) is 15.1 Å². The van der Waals surface area contributed by atoms with Gasteiger partial charge in [0.05, 0.1) is 6.04 Å². The molecule has 0 bridgehead atoms. The average molecular weight is 245 g/mol. The highest BCUT2D eigenvalue weighted by atomic mass is 16.2. The summed E-state index contributed by atoms with van der Waals surface area (Å²) in [5, 5.41) is 3.35. The van der Waals surface area contributed by atoms with Gasteiger partial charge in [0, 0.05) is 32.7 Å². The molecular weight excluding hydrogens is 226 g/mol. The van der Waals surface area contributed by atoms with Crippen LogP contribution in [0, 0.1) is 6.92 Å². The van der Waals surface area contributed by atoms with E-state index in [4.69, 9.17) is 0 Å². The predicted octanol–water partition coefficient (Wildman–Crippen LogP) is 1.20. The van der Waals surface area contributed by atoms with Crippen molar-refractivity contribution in [3.8, 4) is 0 Å². The first kappa shape index (κ1) is 11.5. The van der Waals surface area contributed by atoms with Crippen LogP contribution in [-0.4, -0.2) is 48.1 Å². The Hall–Kier alpha value is -1.55. The summed E-state index contributed by atoms with van der Waals surface area (Å²) in [6, 6.07) is 8.98. The lowest BCUT2D eigenvalue weighted by molar-refractivity contribution is 0.178. The highest BCUT2D eigenvalue weighted by Gasteiger charge is 2.38. The van der Waals surface area contributed by atoms with Crippen molar-refractivity contribution in [2.24, 2.45) is 0 Å². The zero-order valence-corrected chi connectivity index (χ0v) is 10.7. The molecule has 18 heavy (non-hydrogen) atoms. The smallest absolute Gasteiger partial charge is 0.318 e. The van der Waals surface area contributed by atoms with Gasteiger partial charge in [0.15, 0.2) is 0 Å². The maximum Gasteiger partial charge on any atom is 0.320 e. The van der Waals surface area contributed by atoms with Crippen LogP contribution in [-0.2, 0) is 6.54 Å². The summed E-state index contributed by atoms with van der Waals surface area (Å²) in [6.45, 7) is 6.34. The molecule has 1 aromatic rings. The summed E-state index contributed by atoms with van der Waals surface area (Å²) >= 11 is 0. The molecule has 2 amide bonds. The highest BCUT2D eigenvalue weighted by Crippen LogP contribution is 2.19. The van der Waals surface area contributed by atoms with E-state index in [0.29, 0.717) is 6.04 Å². The third-order valence-electron chi connectivity index (χ3n) is 3.79. The maximum atomic E-state index is 12.2. The van der Waals surface area contributed by atoms with Gasteiger partial charge in [0.1, 0.15) is 0 Å². The van der Waals surface area contributed by atoms with Crippen LogP contribution in [0.15, 0.2) is 24.3 Å². The minimum atomic E-state index is 0.196. The molecule has 3 rings (SSSR count). The van der Waals surface area contributed by atoms with Crippen molar-refractivity contribution in [1.29, 1.82) is 0 Å². The summed E-state index contributed by atoms with van der Waals surface area (Å²) in [5.74, 6) is 0. The standard InChI is InChI=1S/C14H19N3O/c1-11-2-4-12(5-3-11)9-16-10-13-8-15-6-7-17(13)14(16)18/h2-5,13,15H,6-10H2,1H3. The average Bonchev–Trinajstić information content (AvgIpc) is 2.70. The molecule has 2 aliphatic heterocycles. The number of carbonyl (C=O) groups excluding carboxylic acids is 1. The van der Waals surface area contributed by atoms with Gasteiger partial charge in [-0.05, 0) is 12.5 Å². The van der Waals surface area contributed by atoms with E-state index in [2.05, 4.69) is 36.5 Å². The zero-order valence-electron chi connectivity index (χ0n) is 10.7. The molecule has 1 aromatic carbocycles. The SMILES string of the molecule is Cc1ccc(CN2CC3CNCCN3C2=O)cc1. The summed E-state index contributed by atoms with van der Waals surface area (Å²) in [7, 11) is 0. The topological polar surface area (TPSA) is 35.6 Å². The van der Waals surface area contributed by atoms with E-state index in [0.717, 1.165) is 32.7 Å². The van der Waals surface area contributed by atoms with Crippen LogP contribution in [0.3, 0.4) is 0 Å². The number of rotatable bonds is 2. The number of amides is 2. The van der Waals surface area contributed by atoms with Crippen LogP contribution in [0.25, 0.3) is 0 Å². The van der Waals surface area contributed by atoms with Crippen molar-refractivity contribution < 1.29 is 4.79 Å². The number of fused-ring (bicyclic) bond motifs is 1. The maximum absolute atomic E-state index is 12.2. The number of hydrogen-bond donors (Lipinski definition) is 1. The predicted molar refractivity (Wildman–Crippen MR) is 70.3 cm³/mol. The van der Waals surface area contributed by atoms with Gasteiger partial charge in [-0.2, -0.15) is 0 Å². The summed E-state index contributed by atoms with van der Waals surface area (Å²) in [5.41, 5.74) is 2.47. The largest absolute Gasteiger partial charge is 0.320 e. The van der Waals surface area contributed by atoms with E-state index < -0.39 is 0 Å². The Bertz CT molecular complexity index is 443. The van der Waals surface area contributed by atoms with Crippen molar-refractivity contribution in [3.05, 3.63) is 35.4 Å². The third-order valence-corrected chi connectivity index (χ3v) is 3.79. The zero-order chi connectivity index (χ0) is 12.5. The molecule has 2 heterocycles. The Morgan fingerprint density at radius 2 is 2.11 bits per heavy atom. The molecule has 0 radical (unpaired) electrons. The van der Waals surface area contributed by atoms with E-state index in [-0.39, 0.29) is 6.03 Å². The Balaban J connectivity index is 1.70. The van der Waals surface area contributed by atoms with Crippen LogP contribution in [0.4, 0.5) is 4.79 Å². The van der Waals surface area contributed by atoms with Gasteiger partial charge in [-0.25, -0.2) is 4.79 Å². The minimum absolute atomic E-state index is 0.196. The molecule has 2 fully saturated rings. The molecule has 2 saturated heterocycles. The second-order valence-electron chi connectivity index (χ2n) is 5.20. The van der Waals surface area contributed by atoms with E-state index in [1.54, 1.807) is 0 Å². The first-order chi connectivity index (χ1) is 8.74. The fourth-order valence-electron chi connectivity index (χ4n) is 2.74. The monoisotopic (exact) mass is 245 g/mol. The molecule has 4 heteroatoms. The lowest BCUT2D eigenvalue weighted by Crippen LogP contribution is -2.49. The summed E-state index contributed by atoms with van der Waals surface area (Å²) < 4.78 is 0. The Kier molecular flexibility index (Phi) is 2.96. The first-order valence-electron chi connectivity index (χ1n) is 6.56. The quantitative estimate of drug-likeness (QED) is 0.850. The minimum Gasteiger partial charge on any atom is -0.318 e. The van der Waals surface area contributed by atoms with E-state index in [1.165, 1.54) is 11.1 Å². The Morgan fingerprint density at radius 1 is 1.33 bits per heavy atom. The number of nitrogens with one attached hydrogen (secondary N) is 1. The second-order valence-corrected chi connectivity index (χ2v) is 5.20. The lowest BCUT2D eigenvalue weighted by Gasteiger charge is -2.28. The molecule has 1 N–H and O–H groups in total. The van der Waals surface area contributed by atoms with Gasteiger partial charge in [0.2, 0.25) is 0 Å². The van der Waals surface area contributed by atoms with Gasteiger partial charge in [0.25, 0.3) is 0 Å². The molecule has 0 saturated carbocycles. The van der Waals surface area contributed by atoms with Crippen molar-refractivity contribution in [2.45, 2.75) is 19.5 Å². The number of hydrogen-bond acceptors (Lipinski definition) is 2. The Labute approximate surface area is 108 Å². The highest BCUT2D eigenvalue weighted by molar-refractivity contribution is 5.77. The molecule has 96 valence electrons. The lowest BCUT2D eigenvalue weighted by atomic mass is 10.1. The Morgan fingerprint density at radius 3 is 2.83 bits per heavy atom. The number of carbonyl (C=O) groups is 1. The van der Waals surface area contributed by atoms with Crippen LogP contribution < -0.4 is 5.32 Å². The van der Waals surface area contributed by atoms with Gasteiger partial charge in [-0.3, -0.25) is 0 Å². The van der Waals surface area contributed by atoms with Crippen LogP contribution >= 0.6 is 0 Å². The fraction of sp³-hybridized carbons (Fsp3) is 0.500. The summed E-state index contributed by atoms with van der Waals surface area (Å²) in [4.78, 5) is 16.2. The number of benzene rings is 1. The van der Waals surface area contributed by atoms with Gasteiger partial charge >= 0.3 is 6.03 Å². The van der Waals surface area contributed by atoms with Crippen molar-refractivity contribution in [2.75, 3.05) is 26.2 Å². The van der Waals surface area contributed by atoms with Crippen LogP contribution in [0.1, 0.15) is 11.1 Å². The molecule has 0 aliphatic carbocycles. The number of urea groups is 1. The molecule has 4 nitrogen and oxygen atoms in total. The number of piperazine rings is 1. The first-order valence-corrected chi connectivity index (χ1v) is 6.56. The molecule has 2 aliphatic rings. The summed E-state index contributed by atoms with van der Waals surface area (Å²) in [6.07, 6.45) is 0. The van der Waals surface area contributed by atoms with E-state index in [9.17, 15) is 4.79 Å². The normalized spacial score (nSPS) is 23.4. The second kappa shape index (κ2) is 4.61. The fourth-order valence-corrected chi connectivity index (χ4v) is 2.74. The van der Waals surface area contributed by atoms with Gasteiger partial charge in [-0.1, -0.05) is 29.8 Å².